The quantitative estimate of drug-likeness (QED) is 0.831. The topological polar surface area (TPSA) is 21.3 Å². The van der Waals surface area contributed by atoms with E-state index in [0.717, 1.165) is 18.6 Å². The van der Waals surface area contributed by atoms with E-state index < -0.39 is 0 Å². The number of hydrogen-bond donors (Lipinski definition) is 1. The maximum atomic E-state index is 5.54. The van der Waals surface area contributed by atoms with E-state index in [0.29, 0.717) is 6.04 Å². The molecule has 0 radical (unpaired) electrons. The van der Waals surface area contributed by atoms with E-state index in [1.54, 1.807) is 7.11 Å². The van der Waals surface area contributed by atoms with Gasteiger partial charge >= 0.3 is 0 Å². The van der Waals surface area contributed by atoms with Gasteiger partial charge in [0.05, 0.1) is 7.11 Å². The largest absolute Gasteiger partial charge is 0.496 e. The molecule has 1 aliphatic rings. The number of piperidine rings is 1. The standard InChI is InChI=1S/C16H25NOS/c1-4-12-11-16(19-3)13(10-15(12)18-2)9-14-7-5-6-8-17-14/h10-11,14,17H,4-9H2,1-3H3. The molecule has 0 amide bonds. The number of aryl methyl sites for hydroxylation is 1. The lowest BCUT2D eigenvalue weighted by atomic mass is 9.96. The van der Waals surface area contributed by atoms with Gasteiger partial charge in [0.1, 0.15) is 5.75 Å². The number of benzene rings is 1. The monoisotopic (exact) mass is 279 g/mol. The number of ether oxygens (including phenoxy) is 1. The van der Waals surface area contributed by atoms with Gasteiger partial charge in [0.25, 0.3) is 0 Å². The lowest BCUT2D eigenvalue weighted by Gasteiger charge is -2.25. The van der Waals surface area contributed by atoms with E-state index in [1.165, 1.54) is 41.8 Å². The Morgan fingerprint density at radius 1 is 1.32 bits per heavy atom. The van der Waals surface area contributed by atoms with Crippen LogP contribution in [-0.2, 0) is 12.8 Å². The van der Waals surface area contributed by atoms with Crippen LogP contribution in [0.15, 0.2) is 17.0 Å². The van der Waals surface area contributed by atoms with Gasteiger partial charge in [-0.05, 0) is 61.7 Å². The van der Waals surface area contributed by atoms with E-state index in [4.69, 9.17) is 4.74 Å². The SMILES string of the molecule is CCc1cc(SC)c(CC2CCCCN2)cc1OC. The fraction of sp³-hybridized carbons (Fsp3) is 0.625. The third-order valence-electron chi connectivity index (χ3n) is 3.94. The maximum absolute atomic E-state index is 5.54. The molecule has 2 nitrogen and oxygen atoms in total. The summed E-state index contributed by atoms with van der Waals surface area (Å²) in [6, 6.07) is 5.19. The lowest BCUT2D eigenvalue weighted by Crippen LogP contribution is -2.35. The zero-order valence-electron chi connectivity index (χ0n) is 12.3. The predicted octanol–water partition coefficient (Wildman–Crippen LogP) is 3.66. The first-order chi connectivity index (χ1) is 9.28. The first-order valence-electron chi connectivity index (χ1n) is 7.25. The Balaban J connectivity index is 2.21. The second-order valence-electron chi connectivity index (χ2n) is 5.18. The summed E-state index contributed by atoms with van der Waals surface area (Å²) in [6.45, 7) is 3.35. The minimum Gasteiger partial charge on any atom is -0.496 e. The Labute approximate surface area is 121 Å². The number of methoxy groups -OCH3 is 1. The Morgan fingerprint density at radius 3 is 2.74 bits per heavy atom. The molecule has 106 valence electrons. The molecule has 1 atom stereocenters. The zero-order valence-corrected chi connectivity index (χ0v) is 13.1. The highest BCUT2D eigenvalue weighted by Gasteiger charge is 2.16. The average molecular weight is 279 g/mol. The minimum absolute atomic E-state index is 0.636. The molecular weight excluding hydrogens is 254 g/mol. The molecule has 1 fully saturated rings. The number of hydrogen-bond acceptors (Lipinski definition) is 3. The summed E-state index contributed by atoms with van der Waals surface area (Å²) in [5, 5.41) is 3.63. The van der Waals surface area contributed by atoms with Crippen molar-refractivity contribution >= 4 is 11.8 Å². The van der Waals surface area contributed by atoms with E-state index >= 15 is 0 Å². The highest BCUT2D eigenvalue weighted by molar-refractivity contribution is 7.98. The van der Waals surface area contributed by atoms with Gasteiger partial charge in [-0.25, -0.2) is 0 Å². The van der Waals surface area contributed by atoms with Crippen molar-refractivity contribution in [1.82, 2.24) is 5.32 Å². The molecule has 0 saturated carbocycles. The van der Waals surface area contributed by atoms with Crippen LogP contribution in [0.3, 0.4) is 0 Å². The molecule has 0 bridgehead atoms. The fourth-order valence-electron chi connectivity index (χ4n) is 2.82. The molecular formula is C16H25NOS. The minimum atomic E-state index is 0.636. The van der Waals surface area contributed by atoms with E-state index in [2.05, 4.69) is 30.6 Å². The van der Waals surface area contributed by atoms with Gasteiger partial charge in [-0.1, -0.05) is 13.3 Å². The molecule has 1 aliphatic heterocycles. The third kappa shape index (κ3) is 3.67. The molecule has 1 N–H and O–H groups in total. The van der Waals surface area contributed by atoms with Gasteiger partial charge in [0.15, 0.2) is 0 Å². The van der Waals surface area contributed by atoms with Crippen molar-refractivity contribution in [2.45, 2.75) is 50.0 Å². The van der Waals surface area contributed by atoms with Gasteiger partial charge in [-0.15, -0.1) is 11.8 Å². The second-order valence-corrected chi connectivity index (χ2v) is 6.03. The smallest absolute Gasteiger partial charge is 0.122 e. The molecule has 0 aliphatic carbocycles. The second kappa shape index (κ2) is 7.20. The van der Waals surface area contributed by atoms with Gasteiger partial charge in [-0.3, -0.25) is 0 Å². The van der Waals surface area contributed by atoms with Crippen LogP contribution in [-0.4, -0.2) is 26.0 Å². The third-order valence-corrected chi connectivity index (χ3v) is 4.76. The summed E-state index contributed by atoms with van der Waals surface area (Å²) in [5.74, 6) is 1.05. The van der Waals surface area contributed by atoms with Gasteiger partial charge < -0.3 is 10.1 Å². The average Bonchev–Trinajstić information content (AvgIpc) is 2.47. The van der Waals surface area contributed by atoms with Crippen LogP contribution in [0.1, 0.15) is 37.3 Å². The molecule has 3 heteroatoms. The molecule has 19 heavy (non-hydrogen) atoms. The first-order valence-corrected chi connectivity index (χ1v) is 8.48. The number of rotatable bonds is 5. The summed E-state index contributed by atoms with van der Waals surface area (Å²) in [6.07, 6.45) is 8.29. The van der Waals surface area contributed by atoms with Gasteiger partial charge in [0, 0.05) is 10.9 Å². The van der Waals surface area contributed by atoms with E-state index in [9.17, 15) is 0 Å². The number of thioether (sulfide) groups is 1. The van der Waals surface area contributed by atoms with Crippen LogP contribution in [0.5, 0.6) is 5.75 Å². The van der Waals surface area contributed by atoms with Crippen molar-refractivity contribution in [2.75, 3.05) is 19.9 Å². The van der Waals surface area contributed by atoms with Crippen molar-refractivity contribution in [2.24, 2.45) is 0 Å². The number of nitrogens with one attached hydrogen (secondary N) is 1. The normalized spacial score (nSPS) is 19.4. The molecule has 1 aromatic rings. The molecule has 1 unspecified atom stereocenters. The molecule has 1 aromatic carbocycles. The molecule has 1 saturated heterocycles. The van der Waals surface area contributed by atoms with Crippen molar-refractivity contribution in [3.05, 3.63) is 23.3 Å². The van der Waals surface area contributed by atoms with Gasteiger partial charge in [-0.2, -0.15) is 0 Å². The summed E-state index contributed by atoms with van der Waals surface area (Å²) >= 11 is 1.85. The highest BCUT2D eigenvalue weighted by Crippen LogP contribution is 2.31. The molecule has 0 aromatic heterocycles. The molecule has 1 heterocycles. The Hall–Kier alpha value is -0.670. The summed E-state index contributed by atoms with van der Waals surface area (Å²) in [4.78, 5) is 1.41. The molecule has 0 spiro atoms. The fourth-order valence-corrected chi connectivity index (χ4v) is 3.49. The van der Waals surface area contributed by atoms with Gasteiger partial charge in [0.2, 0.25) is 0 Å². The summed E-state index contributed by atoms with van der Waals surface area (Å²) in [7, 11) is 1.77. The van der Waals surface area contributed by atoms with Crippen LogP contribution in [0.25, 0.3) is 0 Å². The van der Waals surface area contributed by atoms with Crippen molar-refractivity contribution < 1.29 is 4.74 Å². The highest BCUT2D eigenvalue weighted by atomic mass is 32.2. The van der Waals surface area contributed by atoms with Crippen LogP contribution < -0.4 is 10.1 Å². The van der Waals surface area contributed by atoms with Crippen molar-refractivity contribution in [3.8, 4) is 5.75 Å². The zero-order chi connectivity index (χ0) is 13.7. The Morgan fingerprint density at radius 2 is 2.16 bits per heavy atom. The summed E-state index contributed by atoms with van der Waals surface area (Å²) < 4.78 is 5.54. The van der Waals surface area contributed by atoms with Crippen molar-refractivity contribution in [3.63, 3.8) is 0 Å². The Kier molecular flexibility index (Phi) is 5.59. The predicted molar refractivity (Wildman–Crippen MR) is 83.5 cm³/mol. The van der Waals surface area contributed by atoms with Crippen LogP contribution in [0, 0.1) is 0 Å². The summed E-state index contributed by atoms with van der Waals surface area (Å²) in [5.41, 5.74) is 2.74. The lowest BCUT2D eigenvalue weighted by molar-refractivity contribution is 0.393. The maximum Gasteiger partial charge on any atom is 0.122 e. The van der Waals surface area contributed by atoms with E-state index in [-0.39, 0.29) is 0 Å². The first kappa shape index (κ1) is 14.7. The molecule has 2 rings (SSSR count). The van der Waals surface area contributed by atoms with Crippen LogP contribution >= 0.6 is 11.8 Å². The van der Waals surface area contributed by atoms with Crippen molar-refractivity contribution in [1.29, 1.82) is 0 Å². The van der Waals surface area contributed by atoms with Crippen LogP contribution in [0.4, 0.5) is 0 Å². The van der Waals surface area contributed by atoms with E-state index in [1.807, 2.05) is 11.8 Å². The Bertz CT molecular complexity index is 413. The van der Waals surface area contributed by atoms with Crippen LogP contribution in [0.2, 0.25) is 0 Å².